The highest BCUT2D eigenvalue weighted by Crippen LogP contribution is 2.23. The third-order valence-electron chi connectivity index (χ3n) is 3.13. The van der Waals surface area contributed by atoms with Crippen molar-refractivity contribution in [2.24, 2.45) is 0 Å². The van der Waals surface area contributed by atoms with Gasteiger partial charge >= 0.3 is 0 Å². The molecule has 3 nitrogen and oxygen atoms in total. The van der Waals surface area contributed by atoms with Gasteiger partial charge < -0.3 is 4.42 Å². The van der Waals surface area contributed by atoms with Crippen LogP contribution in [0.15, 0.2) is 53.2 Å². The quantitative estimate of drug-likeness (QED) is 0.677. The van der Waals surface area contributed by atoms with Crippen LogP contribution in [-0.4, -0.2) is 10.8 Å². The second-order valence-corrected chi connectivity index (χ2v) is 4.55. The van der Waals surface area contributed by atoms with Gasteiger partial charge in [0.05, 0.1) is 0 Å². The van der Waals surface area contributed by atoms with Gasteiger partial charge in [0, 0.05) is 24.2 Å². The van der Waals surface area contributed by atoms with E-state index in [-0.39, 0.29) is 17.1 Å². The van der Waals surface area contributed by atoms with E-state index in [1.165, 1.54) is 6.07 Å². The Balaban J connectivity index is 1.77. The molecule has 0 aliphatic carbocycles. The number of furan rings is 1. The van der Waals surface area contributed by atoms with E-state index >= 15 is 0 Å². The molecule has 2 heterocycles. The molecule has 0 fully saturated rings. The minimum absolute atomic E-state index is 0.135. The van der Waals surface area contributed by atoms with E-state index in [0.717, 1.165) is 5.56 Å². The molecule has 3 aromatic rings. The fourth-order valence-electron chi connectivity index (χ4n) is 2.09. The highest BCUT2D eigenvalue weighted by atomic mass is 19.1. The molecule has 1 aromatic carbocycles. The fraction of sp³-hybridized carbons (Fsp3) is 0.125. The van der Waals surface area contributed by atoms with Crippen molar-refractivity contribution in [1.29, 1.82) is 0 Å². The van der Waals surface area contributed by atoms with Gasteiger partial charge in [0.25, 0.3) is 0 Å². The van der Waals surface area contributed by atoms with Crippen molar-refractivity contribution in [2.45, 2.75) is 12.8 Å². The van der Waals surface area contributed by atoms with E-state index in [0.29, 0.717) is 18.2 Å². The van der Waals surface area contributed by atoms with E-state index in [4.69, 9.17) is 4.42 Å². The average Bonchev–Trinajstić information content (AvgIpc) is 2.91. The van der Waals surface area contributed by atoms with Crippen LogP contribution in [0.2, 0.25) is 0 Å². The molecule has 0 atom stereocenters. The number of aryl methyl sites for hydroxylation is 1. The van der Waals surface area contributed by atoms with Crippen LogP contribution in [0, 0.1) is 5.82 Å². The van der Waals surface area contributed by atoms with Crippen molar-refractivity contribution in [1.82, 2.24) is 4.98 Å². The maximum Gasteiger partial charge on any atom is 0.198 e. The lowest BCUT2D eigenvalue weighted by atomic mass is 10.1. The standard InChI is InChI=1S/C16H12FNO2/c17-13-5-1-4-12-9-15(20-16(12)13)14(19)7-6-11-3-2-8-18-10-11/h1-5,8-10H,6-7H2. The van der Waals surface area contributed by atoms with E-state index in [1.807, 2.05) is 12.1 Å². The maximum absolute atomic E-state index is 13.5. The van der Waals surface area contributed by atoms with Crippen molar-refractivity contribution >= 4 is 16.8 Å². The van der Waals surface area contributed by atoms with E-state index in [9.17, 15) is 9.18 Å². The number of fused-ring (bicyclic) bond motifs is 1. The molecule has 0 radical (unpaired) electrons. The number of hydrogen-bond acceptors (Lipinski definition) is 3. The number of carbonyl (C=O) groups excluding carboxylic acids is 1. The molecule has 0 bridgehead atoms. The summed E-state index contributed by atoms with van der Waals surface area (Å²) in [6.45, 7) is 0. The molecule has 20 heavy (non-hydrogen) atoms. The maximum atomic E-state index is 13.5. The lowest BCUT2D eigenvalue weighted by Crippen LogP contribution is -1.99. The van der Waals surface area contributed by atoms with Crippen molar-refractivity contribution in [3.63, 3.8) is 0 Å². The van der Waals surface area contributed by atoms with Crippen molar-refractivity contribution in [2.75, 3.05) is 0 Å². The minimum atomic E-state index is -0.450. The predicted octanol–water partition coefficient (Wildman–Crippen LogP) is 3.78. The highest BCUT2D eigenvalue weighted by molar-refractivity contribution is 5.97. The van der Waals surface area contributed by atoms with Crippen LogP contribution in [0.5, 0.6) is 0 Å². The average molecular weight is 269 g/mol. The van der Waals surface area contributed by atoms with Crippen molar-refractivity contribution in [3.05, 3.63) is 65.9 Å². The van der Waals surface area contributed by atoms with Crippen LogP contribution in [0.1, 0.15) is 22.5 Å². The first-order valence-electron chi connectivity index (χ1n) is 6.34. The largest absolute Gasteiger partial charge is 0.450 e. The summed E-state index contributed by atoms with van der Waals surface area (Å²) in [5.41, 5.74) is 1.13. The number of carbonyl (C=O) groups is 1. The van der Waals surface area contributed by atoms with Crippen LogP contribution in [0.4, 0.5) is 4.39 Å². The predicted molar refractivity (Wildman–Crippen MR) is 73.1 cm³/mol. The second-order valence-electron chi connectivity index (χ2n) is 4.55. The van der Waals surface area contributed by atoms with E-state index in [2.05, 4.69) is 4.98 Å². The van der Waals surface area contributed by atoms with Gasteiger partial charge in [0.1, 0.15) is 0 Å². The number of ketones is 1. The molecule has 0 spiro atoms. The zero-order chi connectivity index (χ0) is 13.9. The summed E-state index contributed by atoms with van der Waals surface area (Å²) in [6.07, 6.45) is 4.32. The molecule has 0 N–H and O–H groups in total. The number of Topliss-reactive ketones (excluding diaryl/α,β-unsaturated/α-hetero) is 1. The zero-order valence-electron chi connectivity index (χ0n) is 10.7. The van der Waals surface area contributed by atoms with Crippen LogP contribution in [-0.2, 0) is 6.42 Å². The SMILES string of the molecule is O=C(CCc1cccnc1)c1cc2cccc(F)c2o1. The normalized spacial score (nSPS) is 10.8. The number of pyridine rings is 1. The molecule has 4 heteroatoms. The fourth-order valence-corrected chi connectivity index (χ4v) is 2.09. The van der Waals surface area contributed by atoms with Crippen molar-refractivity contribution in [3.8, 4) is 0 Å². The lowest BCUT2D eigenvalue weighted by molar-refractivity contribution is 0.0958. The van der Waals surface area contributed by atoms with Crippen LogP contribution < -0.4 is 0 Å². The number of hydrogen-bond donors (Lipinski definition) is 0. The molecule has 0 unspecified atom stereocenters. The summed E-state index contributed by atoms with van der Waals surface area (Å²) in [4.78, 5) is 16.1. The van der Waals surface area contributed by atoms with Gasteiger partial charge in [-0.3, -0.25) is 9.78 Å². The Bertz CT molecular complexity index is 750. The van der Waals surface area contributed by atoms with Crippen molar-refractivity contribution < 1.29 is 13.6 Å². The molecule has 3 rings (SSSR count). The third kappa shape index (κ3) is 2.45. The molecule has 0 saturated carbocycles. The number of nitrogens with zero attached hydrogens (tertiary/aromatic N) is 1. The topological polar surface area (TPSA) is 43.1 Å². The number of aromatic nitrogens is 1. The Kier molecular flexibility index (Phi) is 3.29. The van der Waals surface area contributed by atoms with Gasteiger partial charge in [-0.25, -0.2) is 4.39 Å². The Labute approximate surface area is 115 Å². The highest BCUT2D eigenvalue weighted by Gasteiger charge is 2.14. The second kappa shape index (κ2) is 5.25. The first-order chi connectivity index (χ1) is 9.74. The van der Waals surface area contributed by atoms with Gasteiger partial charge in [0.15, 0.2) is 22.9 Å². The van der Waals surface area contributed by atoms with Crippen LogP contribution in [0.25, 0.3) is 11.0 Å². The van der Waals surface area contributed by atoms with Gasteiger partial charge in [-0.15, -0.1) is 0 Å². The summed E-state index contributed by atoms with van der Waals surface area (Å²) >= 11 is 0. The Morgan fingerprint density at radius 1 is 1.25 bits per heavy atom. The van der Waals surface area contributed by atoms with Gasteiger partial charge in [-0.2, -0.15) is 0 Å². The van der Waals surface area contributed by atoms with Gasteiger partial charge in [-0.1, -0.05) is 18.2 Å². The molecule has 0 aliphatic heterocycles. The summed E-state index contributed by atoms with van der Waals surface area (Å²) < 4.78 is 18.8. The summed E-state index contributed by atoms with van der Waals surface area (Å²) in [5.74, 6) is -0.382. The first-order valence-corrected chi connectivity index (χ1v) is 6.34. The molecule has 0 aliphatic rings. The van der Waals surface area contributed by atoms with Crippen LogP contribution in [0.3, 0.4) is 0 Å². The smallest absolute Gasteiger partial charge is 0.198 e. The molecule has 0 saturated heterocycles. The number of halogens is 1. The Morgan fingerprint density at radius 3 is 2.90 bits per heavy atom. The molecule has 0 amide bonds. The van der Waals surface area contributed by atoms with Gasteiger partial charge in [0.2, 0.25) is 0 Å². The minimum Gasteiger partial charge on any atom is -0.450 e. The zero-order valence-corrected chi connectivity index (χ0v) is 10.7. The number of para-hydroxylation sites is 1. The van der Waals surface area contributed by atoms with Crippen LogP contribution >= 0.6 is 0 Å². The number of benzene rings is 1. The lowest BCUT2D eigenvalue weighted by Gasteiger charge is -1.98. The Morgan fingerprint density at radius 2 is 2.15 bits per heavy atom. The Hall–Kier alpha value is -2.49. The molecule has 100 valence electrons. The molecular formula is C16H12FNO2. The van der Waals surface area contributed by atoms with E-state index in [1.54, 1.807) is 30.6 Å². The van der Waals surface area contributed by atoms with E-state index < -0.39 is 5.82 Å². The number of rotatable bonds is 4. The summed E-state index contributed by atoms with van der Waals surface area (Å²) in [5, 5.41) is 0.606. The van der Waals surface area contributed by atoms with Gasteiger partial charge in [-0.05, 0) is 30.2 Å². The molecular weight excluding hydrogens is 257 g/mol. The first kappa shape index (κ1) is 12.5. The third-order valence-corrected chi connectivity index (χ3v) is 3.13. The summed E-state index contributed by atoms with van der Waals surface area (Å²) in [7, 11) is 0. The summed E-state index contributed by atoms with van der Waals surface area (Å²) in [6, 6.07) is 9.96. The monoisotopic (exact) mass is 269 g/mol. The molecule has 2 aromatic heterocycles.